The van der Waals surface area contributed by atoms with Gasteiger partial charge in [0.05, 0.1) is 12.2 Å². The van der Waals surface area contributed by atoms with Gasteiger partial charge in [0.1, 0.15) is 5.82 Å². The van der Waals surface area contributed by atoms with E-state index in [1.165, 1.54) is 0 Å². The van der Waals surface area contributed by atoms with E-state index in [1.807, 2.05) is 0 Å². The summed E-state index contributed by atoms with van der Waals surface area (Å²) in [4.78, 5) is 0. The highest BCUT2D eigenvalue weighted by Crippen LogP contribution is 2.21. The SMILES string of the molecule is CC(C)Oc1cc(F)[c]c(F)c1F. The molecular weight excluding hydrogens is 181 g/mol. The highest BCUT2D eigenvalue weighted by molar-refractivity contribution is 5.25. The average molecular weight is 189 g/mol. The fraction of sp³-hybridized carbons (Fsp3) is 0.333. The molecule has 0 saturated carbocycles. The number of rotatable bonds is 2. The van der Waals surface area contributed by atoms with Crippen molar-refractivity contribution in [3.05, 3.63) is 29.6 Å². The first kappa shape index (κ1) is 9.89. The third-order valence-electron chi connectivity index (χ3n) is 1.26. The molecule has 0 bridgehead atoms. The highest BCUT2D eigenvalue weighted by Gasteiger charge is 2.13. The maximum atomic E-state index is 12.8. The summed E-state index contributed by atoms with van der Waals surface area (Å²) >= 11 is 0. The quantitative estimate of drug-likeness (QED) is 0.650. The van der Waals surface area contributed by atoms with Gasteiger partial charge in [-0.1, -0.05) is 0 Å². The maximum Gasteiger partial charge on any atom is 0.201 e. The number of hydrogen-bond donors (Lipinski definition) is 0. The molecule has 1 aromatic rings. The third-order valence-corrected chi connectivity index (χ3v) is 1.26. The Labute approximate surface area is 74.1 Å². The van der Waals surface area contributed by atoms with Gasteiger partial charge in [-0.05, 0) is 13.8 Å². The highest BCUT2D eigenvalue weighted by atomic mass is 19.2. The lowest BCUT2D eigenvalue weighted by Crippen LogP contribution is -2.08. The fourth-order valence-corrected chi connectivity index (χ4v) is 0.822. The predicted octanol–water partition coefficient (Wildman–Crippen LogP) is 2.69. The zero-order valence-electron chi connectivity index (χ0n) is 7.20. The van der Waals surface area contributed by atoms with E-state index >= 15 is 0 Å². The Morgan fingerprint density at radius 1 is 1.31 bits per heavy atom. The summed E-state index contributed by atoms with van der Waals surface area (Å²) in [7, 11) is 0. The summed E-state index contributed by atoms with van der Waals surface area (Å²) in [5.41, 5.74) is 0. The average Bonchev–Trinajstić information content (AvgIpc) is 1.98. The molecule has 0 amide bonds. The first-order chi connectivity index (χ1) is 6.00. The Bertz CT molecular complexity index is 310. The van der Waals surface area contributed by atoms with Gasteiger partial charge in [-0.2, -0.15) is 4.39 Å². The minimum atomic E-state index is -1.37. The Hall–Kier alpha value is -1.19. The van der Waals surface area contributed by atoms with Crippen molar-refractivity contribution in [2.45, 2.75) is 20.0 Å². The molecule has 1 radical (unpaired) electrons. The summed E-state index contributed by atoms with van der Waals surface area (Å²) in [6.45, 7) is 3.26. The molecule has 0 atom stereocenters. The van der Waals surface area contributed by atoms with Crippen LogP contribution in [0.3, 0.4) is 0 Å². The van der Waals surface area contributed by atoms with Gasteiger partial charge in [0.15, 0.2) is 11.6 Å². The lowest BCUT2D eigenvalue weighted by Gasteiger charge is -2.10. The van der Waals surface area contributed by atoms with E-state index in [0.29, 0.717) is 0 Å². The van der Waals surface area contributed by atoms with Crippen LogP contribution in [0, 0.1) is 23.5 Å². The number of hydrogen-bond acceptors (Lipinski definition) is 1. The molecule has 0 aliphatic rings. The van der Waals surface area contributed by atoms with Crippen LogP contribution >= 0.6 is 0 Å². The van der Waals surface area contributed by atoms with Crippen LogP contribution in [-0.2, 0) is 0 Å². The van der Waals surface area contributed by atoms with Gasteiger partial charge in [-0.15, -0.1) is 0 Å². The van der Waals surface area contributed by atoms with Gasteiger partial charge in [0.2, 0.25) is 5.82 Å². The zero-order chi connectivity index (χ0) is 10.0. The molecule has 0 fully saturated rings. The molecule has 0 aromatic heterocycles. The van der Waals surface area contributed by atoms with Crippen LogP contribution in [0.4, 0.5) is 13.2 Å². The Morgan fingerprint density at radius 3 is 2.46 bits per heavy atom. The Morgan fingerprint density at radius 2 is 1.92 bits per heavy atom. The van der Waals surface area contributed by atoms with Crippen molar-refractivity contribution in [2.24, 2.45) is 0 Å². The van der Waals surface area contributed by atoms with Crippen molar-refractivity contribution in [1.82, 2.24) is 0 Å². The topological polar surface area (TPSA) is 9.23 Å². The van der Waals surface area contributed by atoms with Crippen molar-refractivity contribution < 1.29 is 17.9 Å². The summed E-state index contributed by atoms with van der Waals surface area (Å²) < 4.78 is 42.7. The molecule has 71 valence electrons. The second-order valence-electron chi connectivity index (χ2n) is 2.78. The van der Waals surface area contributed by atoms with Crippen LogP contribution in [0.5, 0.6) is 5.75 Å². The van der Waals surface area contributed by atoms with Crippen LogP contribution in [0.25, 0.3) is 0 Å². The van der Waals surface area contributed by atoms with Crippen molar-refractivity contribution in [3.63, 3.8) is 0 Å². The van der Waals surface area contributed by atoms with Crippen molar-refractivity contribution in [3.8, 4) is 5.75 Å². The van der Waals surface area contributed by atoms with Crippen LogP contribution in [0.2, 0.25) is 0 Å². The minimum Gasteiger partial charge on any atom is -0.488 e. The van der Waals surface area contributed by atoms with E-state index in [0.717, 1.165) is 6.07 Å². The lowest BCUT2D eigenvalue weighted by molar-refractivity contribution is 0.226. The Kier molecular flexibility index (Phi) is 2.80. The summed E-state index contributed by atoms with van der Waals surface area (Å²) in [6, 6.07) is 2.33. The smallest absolute Gasteiger partial charge is 0.201 e. The molecule has 0 spiro atoms. The van der Waals surface area contributed by atoms with Gasteiger partial charge in [-0.3, -0.25) is 0 Å². The first-order valence-corrected chi connectivity index (χ1v) is 3.74. The van der Waals surface area contributed by atoms with Crippen molar-refractivity contribution in [2.75, 3.05) is 0 Å². The molecule has 1 aromatic carbocycles. The first-order valence-electron chi connectivity index (χ1n) is 3.74. The van der Waals surface area contributed by atoms with Crippen molar-refractivity contribution in [1.29, 1.82) is 0 Å². The molecule has 0 heterocycles. The summed E-state index contributed by atoms with van der Waals surface area (Å²) in [5.74, 6) is -3.98. The molecule has 4 heteroatoms. The molecule has 1 nitrogen and oxygen atoms in total. The van der Waals surface area contributed by atoms with Crippen molar-refractivity contribution >= 4 is 0 Å². The van der Waals surface area contributed by atoms with Crippen LogP contribution in [0.15, 0.2) is 6.07 Å². The van der Waals surface area contributed by atoms with Gasteiger partial charge in [0.25, 0.3) is 0 Å². The molecule has 0 saturated heterocycles. The molecule has 0 aliphatic carbocycles. The molecule has 0 N–H and O–H groups in total. The van der Waals surface area contributed by atoms with E-state index in [1.54, 1.807) is 19.9 Å². The third kappa shape index (κ3) is 2.37. The van der Waals surface area contributed by atoms with Gasteiger partial charge in [0, 0.05) is 6.07 Å². The summed E-state index contributed by atoms with van der Waals surface area (Å²) in [5, 5.41) is 0. The largest absolute Gasteiger partial charge is 0.488 e. The molecule has 0 aliphatic heterocycles. The van der Waals surface area contributed by atoms with E-state index < -0.39 is 23.2 Å². The van der Waals surface area contributed by atoms with Gasteiger partial charge in [-0.25, -0.2) is 8.78 Å². The summed E-state index contributed by atoms with van der Waals surface area (Å²) in [6.07, 6.45) is -0.337. The minimum absolute atomic E-state index is 0.337. The standard InChI is InChI=1S/C9H8F3O/c1-5(2)13-8-4-6(10)3-7(11)9(8)12/h4-5H,1-2H3. The van der Waals surface area contributed by atoms with Crippen LogP contribution < -0.4 is 4.74 Å². The Balaban J connectivity index is 3.05. The molecular formula is C9H8F3O. The van der Waals surface area contributed by atoms with Crippen LogP contribution in [-0.4, -0.2) is 6.10 Å². The fourth-order valence-electron chi connectivity index (χ4n) is 0.822. The van der Waals surface area contributed by atoms with Gasteiger partial charge < -0.3 is 4.74 Å². The molecule has 13 heavy (non-hydrogen) atoms. The normalized spacial score (nSPS) is 10.6. The maximum absolute atomic E-state index is 12.8. The van der Waals surface area contributed by atoms with E-state index in [-0.39, 0.29) is 6.10 Å². The number of ether oxygens (including phenoxy) is 1. The lowest BCUT2D eigenvalue weighted by atomic mass is 10.3. The number of halogens is 3. The van der Waals surface area contributed by atoms with E-state index in [2.05, 4.69) is 0 Å². The monoisotopic (exact) mass is 189 g/mol. The van der Waals surface area contributed by atoms with Gasteiger partial charge >= 0.3 is 0 Å². The second-order valence-corrected chi connectivity index (χ2v) is 2.78. The molecule has 0 unspecified atom stereocenters. The number of benzene rings is 1. The molecule has 1 rings (SSSR count). The second kappa shape index (κ2) is 3.68. The van der Waals surface area contributed by atoms with Crippen LogP contribution in [0.1, 0.15) is 13.8 Å². The van der Waals surface area contributed by atoms with E-state index in [9.17, 15) is 13.2 Å². The predicted molar refractivity (Wildman–Crippen MR) is 40.9 cm³/mol. The zero-order valence-corrected chi connectivity index (χ0v) is 7.20. The van der Waals surface area contributed by atoms with E-state index in [4.69, 9.17) is 4.74 Å².